The van der Waals surface area contributed by atoms with Crippen LogP contribution in [0.15, 0.2) is 60.7 Å². The van der Waals surface area contributed by atoms with Crippen molar-refractivity contribution in [2.75, 3.05) is 53.4 Å². The Morgan fingerprint density at radius 2 is 1.36 bits per heavy atom. The first kappa shape index (κ1) is 18.5. The van der Waals surface area contributed by atoms with E-state index in [1.807, 2.05) is 0 Å². The summed E-state index contributed by atoms with van der Waals surface area (Å²) >= 11 is 0. The molecule has 1 aliphatic heterocycles. The summed E-state index contributed by atoms with van der Waals surface area (Å²) in [7, 11) is 4.07. The highest BCUT2D eigenvalue weighted by molar-refractivity contribution is 7.70. The van der Waals surface area contributed by atoms with Crippen LogP contribution in [0.2, 0.25) is 0 Å². The van der Waals surface area contributed by atoms with Gasteiger partial charge in [-0.05, 0) is 37.7 Å². The van der Waals surface area contributed by atoms with Crippen LogP contribution in [0.1, 0.15) is 6.42 Å². The van der Waals surface area contributed by atoms with E-state index in [1.165, 1.54) is 49.8 Å². The smallest absolute Gasteiger partial charge is 0.0278 e. The van der Waals surface area contributed by atoms with Gasteiger partial charge in [0.1, 0.15) is 0 Å². The molecule has 3 nitrogen and oxygen atoms in total. The third-order valence-corrected chi connectivity index (χ3v) is 7.35. The molecule has 25 heavy (non-hydrogen) atoms. The zero-order chi connectivity index (χ0) is 17.5. The lowest BCUT2D eigenvalue weighted by atomic mass is 10.3. The summed E-state index contributed by atoms with van der Waals surface area (Å²) in [5, 5.41) is 2.87. The molecule has 4 heteroatoms. The van der Waals surface area contributed by atoms with Crippen molar-refractivity contribution in [3.8, 4) is 0 Å². The van der Waals surface area contributed by atoms with Gasteiger partial charge < -0.3 is 9.80 Å². The lowest BCUT2D eigenvalue weighted by Crippen LogP contribution is -2.45. The number of piperazine rings is 1. The number of hydrogen-bond donors (Lipinski definition) is 0. The first-order chi connectivity index (χ1) is 12.2. The van der Waals surface area contributed by atoms with Gasteiger partial charge in [0.2, 0.25) is 0 Å². The minimum absolute atomic E-state index is 0.442. The van der Waals surface area contributed by atoms with E-state index in [4.69, 9.17) is 0 Å². The molecule has 0 radical (unpaired) electrons. The Balaban J connectivity index is 1.61. The summed E-state index contributed by atoms with van der Waals surface area (Å²) in [6.45, 7) is 7.19. The molecule has 1 saturated heterocycles. The van der Waals surface area contributed by atoms with Gasteiger partial charge in [-0.15, -0.1) is 0 Å². The summed E-state index contributed by atoms with van der Waals surface area (Å²) in [5.41, 5.74) is 0. The lowest BCUT2D eigenvalue weighted by Gasteiger charge is -2.33. The van der Waals surface area contributed by atoms with Gasteiger partial charge >= 0.3 is 0 Å². The monoisotopic (exact) mass is 355 g/mol. The van der Waals surface area contributed by atoms with Crippen LogP contribution in [-0.4, -0.2) is 67.8 Å². The van der Waals surface area contributed by atoms with E-state index in [1.54, 1.807) is 0 Å². The maximum absolute atomic E-state index is 2.61. The van der Waals surface area contributed by atoms with Crippen molar-refractivity contribution in [3.05, 3.63) is 60.7 Å². The molecule has 0 saturated carbocycles. The van der Waals surface area contributed by atoms with Crippen molar-refractivity contribution in [2.24, 2.45) is 0 Å². The first-order valence-electron chi connectivity index (χ1n) is 9.26. The van der Waals surface area contributed by atoms with Crippen molar-refractivity contribution in [3.63, 3.8) is 0 Å². The third kappa shape index (κ3) is 5.36. The summed E-state index contributed by atoms with van der Waals surface area (Å²) in [6.07, 6.45) is 1.23. The van der Waals surface area contributed by atoms with Crippen molar-refractivity contribution < 1.29 is 0 Å². The van der Waals surface area contributed by atoms with Gasteiger partial charge in [0, 0.05) is 40.8 Å². The molecule has 3 rings (SSSR count). The second-order valence-electron chi connectivity index (χ2n) is 6.86. The molecule has 0 aromatic heterocycles. The second-order valence-corrected chi connectivity index (χ2v) is 9.20. The van der Waals surface area contributed by atoms with Crippen molar-refractivity contribution in [2.45, 2.75) is 6.42 Å². The van der Waals surface area contributed by atoms with E-state index in [-0.39, 0.29) is 0 Å². The Labute approximate surface area is 154 Å². The summed E-state index contributed by atoms with van der Waals surface area (Å²) in [4.78, 5) is 5.04. The van der Waals surface area contributed by atoms with Crippen LogP contribution in [0.5, 0.6) is 0 Å². The van der Waals surface area contributed by atoms with E-state index < -0.39 is 8.07 Å². The molecule has 0 bridgehead atoms. The Kier molecular flexibility index (Phi) is 7.01. The fourth-order valence-electron chi connectivity index (χ4n) is 3.38. The average Bonchev–Trinajstić information content (AvgIpc) is 2.65. The summed E-state index contributed by atoms with van der Waals surface area (Å²) < 4.78 is 2.57. The Morgan fingerprint density at radius 1 is 0.840 bits per heavy atom. The molecule has 2 aromatic rings. The molecule has 0 amide bonds. The standard InChI is InChI=1S/C21H30N3P/c1-22-16-18-24(19-17-22)15-9-14-23(2)25(20-10-5-3-6-11-20)21-12-7-4-8-13-21/h3-8,10-13H,9,14-19H2,1-2H3. The van der Waals surface area contributed by atoms with E-state index >= 15 is 0 Å². The van der Waals surface area contributed by atoms with E-state index in [0.29, 0.717) is 0 Å². The molecule has 1 fully saturated rings. The molecule has 1 aliphatic rings. The van der Waals surface area contributed by atoms with Crippen LogP contribution >= 0.6 is 8.07 Å². The van der Waals surface area contributed by atoms with Crippen LogP contribution < -0.4 is 10.6 Å². The van der Waals surface area contributed by atoms with Crippen molar-refractivity contribution in [1.82, 2.24) is 14.5 Å². The number of nitrogens with zero attached hydrogens (tertiary/aromatic N) is 3. The van der Waals surface area contributed by atoms with Gasteiger partial charge in [0.25, 0.3) is 0 Å². The average molecular weight is 355 g/mol. The van der Waals surface area contributed by atoms with Crippen LogP contribution in [0.4, 0.5) is 0 Å². The van der Waals surface area contributed by atoms with Crippen molar-refractivity contribution >= 4 is 18.7 Å². The predicted octanol–water partition coefficient (Wildman–Crippen LogP) is 2.60. The van der Waals surface area contributed by atoms with Crippen LogP contribution in [0, 0.1) is 0 Å². The fourth-order valence-corrected chi connectivity index (χ4v) is 5.71. The van der Waals surface area contributed by atoms with Gasteiger partial charge in [-0.25, -0.2) is 0 Å². The highest BCUT2D eigenvalue weighted by atomic mass is 31.1. The Hall–Kier alpha value is -1.25. The van der Waals surface area contributed by atoms with Gasteiger partial charge in [-0.1, -0.05) is 60.7 Å². The van der Waals surface area contributed by atoms with E-state index in [2.05, 4.69) is 89.2 Å². The number of hydrogen-bond acceptors (Lipinski definition) is 3. The summed E-state index contributed by atoms with van der Waals surface area (Å²) in [6, 6.07) is 21.9. The second kappa shape index (κ2) is 9.45. The minimum atomic E-state index is -0.442. The molecular formula is C21H30N3P. The predicted molar refractivity (Wildman–Crippen MR) is 110 cm³/mol. The molecular weight excluding hydrogens is 325 g/mol. The SMILES string of the molecule is CN1CCN(CCCN(C)P(c2ccccc2)c2ccccc2)CC1. The molecule has 1 heterocycles. The molecule has 0 N–H and O–H groups in total. The van der Waals surface area contributed by atoms with E-state index in [9.17, 15) is 0 Å². The quantitative estimate of drug-likeness (QED) is 0.707. The van der Waals surface area contributed by atoms with E-state index in [0.717, 1.165) is 6.54 Å². The molecule has 0 spiro atoms. The molecule has 0 unspecified atom stereocenters. The highest BCUT2D eigenvalue weighted by Crippen LogP contribution is 2.36. The molecule has 134 valence electrons. The lowest BCUT2D eigenvalue weighted by molar-refractivity contribution is 0.151. The van der Waals surface area contributed by atoms with Crippen LogP contribution in [-0.2, 0) is 0 Å². The normalized spacial score (nSPS) is 16.6. The Morgan fingerprint density at radius 3 is 1.88 bits per heavy atom. The first-order valence-corrected chi connectivity index (χ1v) is 10.6. The zero-order valence-electron chi connectivity index (χ0n) is 15.5. The van der Waals surface area contributed by atoms with Gasteiger partial charge in [0.05, 0.1) is 0 Å². The number of likely N-dealkylation sites (N-methyl/N-ethyl adjacent to an activating group) is 1. The largest absolute Gasteiger partial charge is 0.304 e. The number of rotatable bonds is 7. The zero-order valence-corrected chi connectivity index (χ0v) is 16.4. The van der Waals surface area contributed by atoms with Crippen LogP contribution in [0.3, 0.4) is 0 Å². The summed E-state index contributed by atoms with van der Waals surface area (Å²) in [5.74, 6) is 0. The van der Waals surface area contributed by atoms with Gasteiger partial charge in [0.15, 0.2) is 0 Å². The maximum atomic E-state index is 2.61. The minimum Gasteiger partial charge on any atom is -0.304 e. The highest BCUT2D eigenvalue weighted by Gasteiger charge is 2.19. The molecule has 2 aromatic carbocycles. The maximum Gasteiger partial charge on any atom is 0.0278 e. The van der Waals surface area contributed by atoms with Crippen molar-refractivity contribution in [1.29, 1.82) is 0 Å². The molecule has 0 aliphatic carbocycles. The Bertz CT molecular complexity index is 572. The third-order valence-electron chi connectivity index (χ3n) is 4.89. The van der Waals surface area contributed by atoms with Crippen LogP contribution in [0.25, 0.3) is 0 Å². The molecule has 0 atom stereocenters. The van der Waals surface area contributed by atoms with Gasteiger partial charge in [-0.2, -0.15) is 0 Å². The fraction of sp³-hybridized carbons (Fsp3) is 0.429. The topological polar surface area (TPSA) is 9.72 Å². The van der Waals surface area contributed by atoms with Gasteiger partial charge in [-0.3, -0.25) is 4.67 Å². The number of benzene rings is 2.